The predicted octanol–water partition coefficient (Wildman–Crippen LogP) is 3.93. The largest absolute Gasteiger partial charge is 0.478 e. The lowest BCUT2D eigenvalue weighted by Gasteiger charge is -2.18. The molecule has 1 atom stereocenters. The Bertz CT molecular complexity index is 832. The molecule has 1 N–H and O–H groups in total. The summed E-state index contributed by atoms with van der Waals surface area (Å²) in [5.74, 6) is -0.180. The number of benzene rings is 1. The number of nitrogens with zero attached hydrogens (tertiary/aromatic N) is 2. The molecule has 1 amide bonds. The van der Waals surface area contributed by atoms with Gasteiger partial charge in [0, 0.05) is 10.9 Å². The molecular weight excluding hydrogens is 341 g/mol. The monoisotopic (exact) mass is 359 g/mol. The molecule has 3 rings (SSSR count). The molecule has 1 aromatic carbocycles. The highest BCUT2D eigenvalue weighted by Crippen LogP contribution is 2.19. The zero-order chi connectivity index (χ0) is 17.6. The summed E-state index contributed by atoms with van der Waals surface area (Å²) in [6.45, 7) is 2.39. The predicted molar refractivity (Wildman–Crippen MR) is 95.4 cm³/mol. The third-order valence-electron chi connectivity index (χ3n) is 3.62. The molecule has 1 unspecified atom stereocenters. The third-order valence-corrected chi connectivity index (χ3v) is 4.48. The van der Waals surface area contributed by atoms with Crippen LogP contribution >= 0.6 is 11.3 Å². The van der Waals surface area contributed by atoms with Crippen LogP contribution in [-0.2, 0) is 11.3 Å². The highest BCUT2D eigenvalue weighted by molar-refractivity contribution is 7.09. The van der Waals surface area contributed by atoms with Gasteiger partial charge < -0.3 is 10.1 Å². The number of carbonyl (C=O) groups is 1. The van der Waals surface area contributed by atoms with Gasteiger partial charge in [0.2, 0.25) is 0 Å². The lowest BCUT2D eigenvalue weighted by Crippen LogP contribution is -2.33. The molecule has 5 nitrogen and oxygen atoms in total. The Kier molecular flexibility index (Phi) is 5.45. The number of hydrogen-bond donors (Lipinski definition) is 1. The van der Waals surface area contributed by atoms with Crippen molar-refractivity contribution in [3.63, 3.8) is 0 Å². The molecule has 0 aliphatic rings. The second kappa shape index (κ2) is 7.94. The normalized spacial score (nSPS) is 11.9. The number of halogens is 1. The molecule has 0 aliphatic carbocycles. The van der Waals surface area contributed by atoms with E-state index in [9.17, 15) is 9.18 Å². The standard InChI is InChI=1S/C18H18FN3O2S/c1-2-15(24-16-8-4-3-7-14(16)19)18(23)21-17-9-10-20-22(17)12-13-6-5-11-25-13/h3-11,15H,2,12H2,1H3,(H,21,23). The smallest absolute Gasteiger partial charge is 0.266 e. The van der Waals surface area contributed by atoms with Crippen molar-refractivity contribution in [2.75, 3.05) is 5.32 Å². The van der Waals surface area contributed by atoms with E-state index in [0.717, 1.165) is 4.88 Å². The van der Waals surface area contributed by atoms with E-state index in [4.69, 9.17) is 4.74 Å². The Balaban J connectivity index is 1.68. The van der Waals surface area contributed by atoms with Crippen LogP contribution in [0.3, 0.4) is 0 Å². The fourth-order valence-electron chi connectivity index (χ4n) is 2.34. The van der Waals surface area contributed by atoms with Crippen LogP contribution < -0.4 is 10.1 Å². The maximum atomic E-state index is 13.7. The summed E-state index contributed by atoms with van der Waals surface area (Å²) in [6.07, 6.45) is 1.25. The Morgan fingerprint density at radius 3 is 2.88 bits per heavy atom. The number of aromatic nitrogens is 2. The quantitative estimate of drug-likeness (QED) is 0.695. The first-order chi connectivity index (χ1) is 12.2. The molecule has 0 bridgehead atoms. The van der Waals surface area contributed by atoms with Crippen molar-refractivity contribution < 1.29 is 13.9 Å². The highest BCUT2D eigenvalue weighted by atomic mass is 32.1. The molecule has 0 spiro atoms. The third kappa shape index (κ3) is 4.24. The van der Waals surface area contributed by atoms with Gasteiger partial charge in [-0.3, -0.25) is 4.79 Å². The van der Waals surface area contributed by atoms with Gasteiger partial charge in [0.1, 0.15) is 5.82 Å². The van der Waals surface area contributed by atoms with Crippen LogP contribution in [0.1, 0.15) is 18.2 Å². The summed E-state index contributed by atoms with van der Waals surface area (Å²) in [5.41, 5.74) is 0. The topological polar surface area (TPSA) is 56.1 Å². The SMILES string of the molecule is CCC(Oc1ccccc1F)C(=O)Nc1ccnn1Cc1cccs1. The summed E-state index contributed by atoms with van der Waals surface area (Å²) in [4.78, 5) is 13.6. The van der Waals surface area contributed by atoms with Crippen LogP contribution in [0.4, 0.5) is 10.2 Å². The molecule has 130 valence electrons. The Morgan fingerprint density at radius 2 is 2.16 bits per heavy atom. The van der Waals surface area contributed by atoms with Crippen LogP contribution in [-0.4, -0.2) is 21.8 Å². The Morgan fingerprint density at radius 1 is 1.32 bits per heavy atom. The minimum Gasteiger partial charge on any atom is -0.478 e. The second-order valence-corrected chi connectivity index (χ2v) is 6.42. The first-order valence-corrected chi connectivity index (χ1v) is 8.81. The first-order valence-electron chi connectivity index (χ1n) is 7.93. The average molecular weight is 359 g/mol. The number of amides is 1. The highest BCUT2D eigenvalue weighted by Gasteiger charge is 2.21. The molecular formula is C18H18FN3O2S. The van der Waals surface area contributed by atoms with Crippen LogP contribution in [0.15, 0.2) is 54.0 Å². The lowest BCUT2D eigenvalue weighted by atomic mass is 10.2. The fourth-order valence-corrected chi connectivity index (χ4v) is 3.02. The van der Waals surface area contributed by atoms with Crippen molar-refractivity contribution in [3.05, 3.63) is 64.7 Å². The van der Waals surface area contributed by atoms with E-state index in [1.54, 1.807) is 40.4 Å². The molecule has 0 saturated carbocycles. The van der Waals surface area contributed by atoms with Gasteiger partial charge >= 0.3 is 0 Å². The van der Waals surface area contributed by atoms with Crippen molar-refractivity contribution in [2.45, 2.75) is 26.0 Å². The zero-order valence-corrected chi connectivity index (χ0v) is 14.5. The number of anilines is 1. The minimum atomic E-state index is -0.790. The van der Waals surface area contributed by atoms with Crippen LogP contribution in [0, 0.1) is 5.82 Å². The number of ether oxygens (including phenoxy) is 1. The minimum absolute atomic E-state index is 0.0663. The summed E-state index contributed by atoms with van der Waals surface area (Å²) < 4.78 is 21.0. The molecule has 2 heterocycles. The first kappa shape index (κ1) is 17.2. The maximum Gasteiger partial charge on any atom is 0.266 e. The van der Waals surface area contributed by atoms with Crippen LogP contribution in [0.25, 0.3) is 0 Å². The van der Waals surface area contributed by atoms with Gasteiger partial charge in [-0.25, -0.2) is 9.07 Å². The molecule has 7 heteroatoms. The zero-order valence-electron chi connectivity index (χ0n) is 13.7. The molecule has 0 radical (unpaired) electrons. The van der Waals surface area contributed by atoms with Crippen LogP contribution in [0.5, 0.6) is 5.75 Å². The summed E-state index contributed by atoms with van der Waals surface area (Å²) in [6, 6.07) is 11.8. The number of thiophene rings is 1. The van der Waals surface area contributed by atoms with Gasteiger partial charge in [0.15, 0.2) is 17.7 Å². The van der Waals surface area contributed by atoms with Crippen molar-refractivity contribution in [2.24, 2.45) is 0 Å². The van der Waals surface area contributed by atoms with Gasteiger partial charge in [0.05, 0.1) is 12.7 Å². The van der Waals surface area contributed by atoms with E-state index in [-0.39, 0.29) is 11.7 Å². The second-order valence-electron chi connectivity index (χ2n) is 5.39. The summed E-state index contributed by atoms with van der Waals surface area (Å²) >= 11 is 1.62. The molecule has 2 aromatic heterocycles. The Labute approximate surface area is 149 Å². The van der Waals surface area contributed by atoms with E-state index in [1.165, 1.54) is 12.1 Å². The number of rotatable bonds is 7. The van der Waals surface area contributed by atoms with E-state index in [2.05, 4.69) is 10.4 Å². The molecule has 25 heavy (non-hydrogen) atoms. The van der Waals surface area contributed by atoms with Crippen molar-refractivity contribution in [3.8, 4) is 5.75 Å². The number of nitrogens with one attached hydrogen (secondary N) is 1. The van der Waals surface area contributed by atoms with E-state index in [0.29, 0.717) is 18.8 Å². The Hall–Kier alpha value is -2.67. The fraction of sp³-hybridized carbons (Fsp3) is 0.222. The van der Waals surface area contributed by atoms with Gasteiger partial charge in [-0.05, 0) is 30.0 Å². The summed E-state index contributed by atoms with van der Waals surface area (Å²) in [5, 5.41) is 9.04. The molecule has 3 aromatic rings. The van der Waals surface area contributed by atoms with Crippen molar-refractivity contribution in [1.82, 2.24) is 9.78 Å². The van der Waals surface area contributed by atoms with Crippen LogP contribution in [0.2, 0.25) is 0 Å². The van der Waals surface area contributed by atoms with Gasteiger partial charge in [-0.2, -0.15) is 5.10 Å². The molecule has 0 fully saturated rings. The van der Waals surface area contributed by atoms with E-state index < -0.39 is 11.9 Å². The van der Waals surface area contributed by atoms with E-state index >= 15 is 0 Å². The molecule has 0 saturated heterocycles. The van der Waals surface area contributed by atoms with E-state index in [1.807, 2.05) is 24.4 Å². The number of hydrogen-bond acceptors (Lipinski definition) is 4. The average Bonchev–Trinajstić information content (AvgIpc) is 3.27. The van der Waals surface area contributed by atoms with Gasteiger partial charge in [-0.15, -0.1) is 11.3 Å². The lowest BCUT2D eigenvalue weighted by molar-refractivity contribution is -0.123. The number of carbonyl (C=O) groups excluding carboxylic acids is 1. The summed E-state index contributed by atoms with van der Waals surface area (Å²) in [7, 11) is 0. The maximum absolute atomic E-state index is 13.7. The van der Waals surface area contributed by atoms with Crippen molar-refractivity contribution >= 4 is 23.1 Å². The molecule has 0 aliphatic heterocycles. The van der Waals surface area contributed by atoms with Crippen molar-refractivity contribution in [1.29, 1.82) is 0 Å². The van der Waals surface area contributed by atoms with Gasteiger partial charge in [0.25, 0.3) is 5.91 Å². The van der Waals surface area contributed by atoms with Gasteiger partial charge in [-0.1, -0.05) is 25.1 Å². The number of para-hydroxylation sites is 1.